The third-order valence-electron chi connectivity index (χ3n) is 4.79. The number of aliphatic hydroxyl groups is 3. The monoisotopic (exact) mass is 290 g/mol. The minimum Gasteiger partial charge on any atom is -0.506 e. The Labute approximate surface area is 125 Å². The molecule has 1 aliphatic carbocycles. The zero-order chi connectivity index (χ0) is 15.2. The highest BCUT2D eigenvalue weighted by Gasteiger charge is 2.60. The summed E-state index contributed by atoms with van der Waals surface area (Å²) in [5, 5.41) is 31.1. The Bertz CT molecular complexity index is 540. The lowest BCUT2D eigenvalue weighted by atomic mass is 9.90. The Morgan fingerprint density at radius 1 is 1.43 bits per heavy atom. The van der Waals surface area contributed by atoms with Crippen molar-refractivity contribution in [1.82, 2.24) is 0 Å². The molecule has 3 aliphatic rings. The number of hydrogen-bond donors (Lipinski definition) is 4. The first-order valence-electron chi connectivity index (χ1n) is 7.62. The Morgan fingerprint density at radius 3 is 2.81 bits per heavy atom. The van der Waals surface area contributed by atoms with Gasteiger partial charge in [-0.15, -0.1) is 0 Å². The van der Waals surface area contributed by atoms with Gasteiger partial charge < -0.3 is 15.3 Å². The van der Waals surface area contributed by atoms with E-state index in [0.717, 1.165) is 10.5 Å². The van der Waals surface area contributed by atoms with E-state index in [0.29, 0.717) is 5.92 Å². The normalized spacial score (nSPS) is 43.2. The second kappa shape index (κ2) is 5.13. The van der Waals surface area contributed by atoms with Crippen LogP contribution in [0, 0.1) is 5.92 Å². The van der Waals surface area contributed by atoms with Gasteiger partial charge in [0.15, 0.2) is 17.4 Å². The molecule has 4 N–H and O–H groups in total. The largest absolute Gasteiger partial charge is 0.506 e. The molecule has 0 aromatic rings. The van der Waals surface area contributed by atoms with Crippen LogP contribution in [0.3, 0.4) is 0 Å². The number of fused-ring (bicyclic) bond motifs is 1. The van der Waals surface area contributed by atoms with Crippen LogP contribution in [0.5, 0.6) is 0 Å². The average Bonchev–Trinajstić information content (AvgIpc) is 3.22. The lowest BCUT2D eigenvalue weighted by Crippen LogP contribution is -3.14. The summed E-state index contributed by atoms with van der Waals surface area (Å²) in [7, 11) is 0. The summed E-state index contributed by atoms with van der Waals surface area (Å²) in [5.74, 6) is 0.838. The summed E-state index contributed by atoms with van der Waals surface area (Å²) in [6.07, 6.45) is 13.2. The molecule has 3 rings (SSSR count). The zero-order valence-electron chi connectivity index (χ0n) is 12.5. The lowest BCUT2D eigenvalue weighted by molar-refractivity contribution is -0.880. The van der Waals surface area contributed by atoms with Crippen LogP contribution in [0.15, 0.2) is 47.9 Å². The van der Waals surface area contributed by atoms with Gasteiger partial charge >= 0.3 is 0 Å². The number of rotatable bonds is 3. The van der Waals surface area contributed by atoms with Gasteiger partial charge in [0.2, 0.25) is 0 Å². The van der Waals surface area contributed by atoms with Crippen molar-refractivity contribution in [2.45, 2.75) is 50.5 Å². The summed E-state index contributed by atoms with van der Waals surface area (Å²) in [5.41, 5.74) is -0.264. The minimum absolute atomic E-state index is 0.124. The first kappa shape index (κ1) is 14.6. The first-order valence-corrected chi connectivity index (χ1v) is 7.62. The van der Waals surface area contributed by atoms with Gasteiger partial charge in [0.05, 0.1) is 6.20 Å². The minimum atomic E-state index is -1.34. The summed E-state index contributed by atoms with van der Waals surface area (Å²) >= 11 is 0. The highest BCUT2D eigenvalue weighted by Crippen LogP contribution is 2.31. The third-order valence-corrected chi connectivity index (χ3v) is 4.79. The molecular weight excluding hydrogens is 266 g/mol. The molecule has 0 bridgehead atoms. The van der Waals surface area contributed by atoms with Crippen molar-refractivity contribution in [3.63, 3.8) is 0 Å². The van der Waals surface area contributed by atoms with Crippen LogP contribution in [0.2, 0.25) is 0 Å². The maximum atomic E-state index is 10.6. The second-order valence-corrected chi connectivity index (χ2v) is 6.69. The van der Waals surface area contributed by atoms with Gasteiger partial charge in [-0.1, -0.05) is 12.2 Å². The van der Waals surface area contributed by atoms with Crippen LogP contribution >= 0.6 is 0 Å². The van der Waals surface area contributed by atoms with Gasteiger partial charge in [0.1, 0.15) is 12.1 Å². The molecule has 2 aliphatic heterocycles. The highest BCUT2D eigenvalue weighted by molar-refractivity contribution is 5.26. The van der Waals surface area contributed by atoms with E-state index >= 15 is 0 Å². The van der Waals surface area contributed by atoms with Crippen molar-refractivity contribution < 1.29 is 20.2 Å². The third kappa shape index (κ3) is 2.59. The van der Waals surface area contributed by atoms with Crippen molar-refractivity contribution in [2.75, 3.05) is 0 Å². The van der Waals surface area contributed by atoms with E-state index in [1.54, 1.807) is 19.1 Å². The van der Waals surface area contributed by atoms with Crippen LogP contribution in [0.1, 0.15) is 26.7 Å². The van der Waals surface area contributed by atoms with Crippen LogP contribution in [-0.2, 0) is 0 Å². The Hall–Kier alpha value is -1.36. The molecule has 5 atom stereocenters. The summed E-state index contributed by atoms with van der Waals surface area (Å²) in [4.78, 5) is 0.881. The molecule has 1 saturated carbocycles. The van der Waals surface area contributed by atoms with E-state index in [2.05, 4.69) is 12.2 Å². The van der Waals surface area contributed by atoms with E-state index in [9.17, 15) is 15.3 Å². The smallest absolute Gasteiger partial charge is 0.181 e. The van der Waals surface area contributed by atoms with E-state index in [-0.39, 0.29) is 11.8 Å². The summed E-state index contributed by atoms with van der Waals surface area (Å²) in [6.45, 7) is 3.60. The molecule has 0 aromatic carbocycles. The van der Waals surface area contributed by atoms with Crippen molar-refractivity contribution in [2.24, 2.45) is 5.92 Å². The zero-order valence-corrected chi connectivity index (χ0v) is 12.5. The number of nitrogens with one attached hydrogen (secondary N) is 1. The van der Waals surface area contributed by atoms with Crippen molar-refractivity contribution in [1.29, 1.82) is 0 Å². The van der Waals surface area contributed by atoms with E-state index in [4.69, 9.17) is 0 Å². The maximum absolute atomic E-state index is 10.6. The van der Waals surface area contributed by atoms with E-state index in [1.807, 2.05) is 19.2 Å². The number of hydrogen-bond acceptors (Lipinski definition) is 3. The number of quaternary nitrogens is 1. The topological polar surface area (TPSA) is 65.1 Å². The van der Waals surface area contributed by atoms with Gasteiger partial charge in [0.25, 0.3) is 0 Å². The van der Waals surface area contributed by atoms with Crippen molar-refractivity contribution in [3.8, 4) is 0 Å². The molecule has 4 nitrogen and oxygen atoms in total. The molecule has 0 spiro atoms. The standard InChI is InChI=1S/C17H23NO3/c1-11(5-6-12-7-8-12)10-13-16(20)17(2,21)15-14(19)4-3-9-18(13)15/h3-6,9-10,12-13,15-16,19-21H,7-8H2,1-2H3/p+1. The maximum Gasteiger partial charge on any atom is 0.181 e. The molecule has 0 amide bonds. The van der Waals surface area contributed by atoms with E-state index < -0.39 is 17.7 Å². The van der Waals surface area contributed by atoms with Gasteiger partial charge in [0, 0.05) is 0 Å². The predicted octanol–water partition coefficient (Wildman–Crippen LogP) is 0.616. The van der Waals surface area contributed by atoms with Crippen LogP contribution in [0.25, 0.3) is 0 Å². The van der Waals surface area contributed by atoms with Crippen LogP contribution < -0.4 is 4.90 Å². The molecule has 5 unspecified atom stereocenters. The quantitative estimate of drug-likeness (QED) is 0.576. The van der Waals surface area contributed by atoms with Crippen LogP contribution in [0.4, 0.5) is 0 Å². The molecule has 1 saturated heterocycles. The van der Waals surface area contributed by atoms with Crippen molar-refractivity contribution >= 4 is 0 Å². The average molecular weight is 290 g/mol. The van der Waals surface area contributed by atoms with Gasteiger partial charge in [-0.2, -0.15) is 0 Å². The SMILES string of the molecule is CC(C=CC1CC1)=CC1C(O)C(C)(O)C2C(O)=CC=C[NH+]12. The molecule has 2 heterocycles. The molecule has 0 aromatic heterocycles. The first-order chi connectivity index (χ1) is 9.91. The lowest BCUT2D eigenvalue weighted by Gasteiger charge is -2.27. The second-order valence-electron chi connectivity index (χ2n) is 6.69. The molecule has 0 radical (unpaired) electrons. The van der Waals surface area contributed by atoms with Gasteiger partial charge in [-0.3, -0.25) is 4.90 Å². The number of aliphatic hydroxyl groups excluding tert-OH is 2. The Kier molecular flexibility index (Phi) is 3.56. The van der Waals surface area contributed by atoms with Crippen LogP contribution in [-0.4, -0.2) is 39.1 Å². The molecular formula is C17H24NO3+. The summed E-state index contributed by atoms with van der Waals surface area (Å²) in [6, 6.07) is -0.778. The highest BCUT2D eigenvalue weighted by atomic mass is 16.4. The molecule has 21 heavy (non-hydrogen) atoms. The Balaban J connectivity index is 1.86. The van der Waals surface area contributed by atoms with Gasteiger partial charge in [-0.05, 0) is 56.4 Å². The van der Waals surface area contributed by atoms with E-state index in [1.165, 1.54) is 12.8 Å². The fourth-order valence-corrected chi connectivity index (χ4v) is 3.38. The Morgan fingerprint density at radius 2 is 2.14 bits per heavy atom. The molecule has 114 valence electrons. The predicted molar refractivity (Wildman–Crippen MR) is 80.6 cm³/mol. The van der Waals surface area contributed by atoms with Gasteiger partial charge in [-0.25, -0.2) is 0 Å². The summed E-state index contributed by atoms with van der Waals surface area (Å²) < 4.78 is 0. The fourth-order valence-electron chi connectivity index (χ4n) is 3.38. The molecule has 2 fully saturated rings. The molecule has 4 heteroatoms. The fraction of sp³-hybridized carbons (Fsp3) is 0.529. The van der Waals surface area contributed by atoms with Crippen molar-refractivity contribution in [3.05, 3.63) is 47.9 Å². The number of allylic oxidation sites excluding steroid dienone is 5.